The van der Waals surface area contributed by atoms with E-state index >= 15 is 0 Å². The summed E-state index contributed by atoms with van der Waals surface area (Å²) in [5, 5.41) is 23.8. The highest BCUT2D eigenvalue weighted by atomic mass is 16.9. The van der Waals surface area contributed by atoms with E-state index in [0.29, 0.717) is 0 Å². The molecule has 0 aromatic rings. The summed E-state index contributed by atoms with van der Waals surface area (Å²) in [5.41, 5.74) is 0. The lowest BCUT2D eigenvalue weighted by molar-refractivity contribution is -0.402. The highest BCUT2D eigenvalue weighted by Crippen LogP contribution is 2.00. The van der Waals surface area contributed by atoms with E-state index in [2.05, 4.69) is 23.5 Å². The van der Waals surface area contributed by atoms with E-state index in [-0.39, 0.29) is 0 Å². The van der Waals surface area contributed by atoms with Crippen LogP contribution in [0.4, 0.5) is 0 Å². The maximum Gasteiger partial charge on any atom is 0.445 e. The van der Waals surface area contributed by atoms with Gasteiger partial charge in [-0.05, 0) is 11.6 Å². The Morgan fingerprint density at radius 1 is 1.67 bits per heavy atom. The second-order valence-corrected chi connectivity index (χ2v) is 1.83. The summed E-state index contributed by atoms with van der Waals surface area (Å²) in [4.78, 5) is 8.25. The molecule has 0 fully saturated rings. The Hall–Kier alpha value is -1.75. The van der Waals surface area contributed by atoms with E-state index in [0.717, 1.165) is 13.0 Å². The van der Waals surface area contributed by atoms with Gasteiger partial charge in [-0.2, -0.15) is 0 Å². The lowest BCUT2D eigenvalue weighted by atomic mass is 10.5. The molecule has 7 nitrogen and oxygen atoms in total. The first kappa shape index (κ1) is 10.2. The first-order valence-corrected chi connectivity index (χ1v) is 3.24. The van der Waals surface area contributed by atoms with Crippen molar-refractivity contribution in [2.45, 2.75) is 13.3 Å². The smallest absolute Gasteiger partial charge is 0.356 e. The molecule has 66 valence electrons. The van der Waals surface area contributed by atoms with E-state index in [1.807, 2.05) is 0 Å². The fraction of sp³-hybridized carbons (Fsp3) is 0.600. The van der Waals surface area contributed by atoms with Crippen LogP contribution in [0.5, 0.6) is 0 Å². The van der Waals surface area contributed by atoms with Crippen LogP contribution in [-0.4, -0.2) is 16.6 Å². The summed E-state index contributed by atoms with van der Waals surface area (Å²) in [7, 11) is 0. The molecule has 0 bridgehead atoms. The van der Waals surface area contributed by atoms with Crippen molar-refractivity contribution in [2.24, 2.45) is 10.3 Å². The Labute approximate surface area is 69.1 Å². The molecule has 0 N–H and O–H groups in total. The summed E-state index contributed by atoms with van der Waals surface area (Å²) in [6.45, 7) is 3.04. The second kappa shape index (κ2) is 5.99. The first-order valence-electron chi connectivity index (χ1n) is 3.24. The van der Waals surface area contributed by atoms with Crippen molar-refractivity contribution >= 4 is 0 Å². The zero-order chi connectivity index (χ0) is 9.40. The normalized spacial score (nSPS) is 11.9. The minimum Gasteiger partial charge on any atom is -0.356 e. The molecule has 0 unspecified atom stereocenters. The Morgan fingerprint density at radius 2 is 2.25 bits per heavy atom. The largest absolute Gasteiger partial charge is 0.445 e. The Morgan fingerprint density at radius 3 is 2.58 bits per heavy atom. The zero-order valence-electron chi connectivity index (χ0n) is 6.51. The fourth-order valence-corrected chi connectivity index (χ4v) is 0.540. The van der Waals surface area contributed by atoms with Crippen LogP contribution in [0.2, 0.25) is 0 Å². The molecule has 0 atom stereocenters. The third kappa shape index (κ3) is 6.37. The standard InChI is InChI=1S/C5H8N3.NO3/c1-2-4-8-5-3-6-7-8;2-1(3)4/h5H,2,4H2,1H3;/q+1;-1. The van der Waals surface area contributed by atoms with Crippen LogP contribution < -0.4 is 0 Å². The van der Waals surface area contributed by atoms with Crippen molar-refractivity contribution in [3.05, 3.63) is 27.7 Å². The van der Waals surface area contributed by atoms with Crippen molar-refractivity contribution in [1.29, 1.82) is 0 Å². The summed E-state index contributed by atoms with van der Waals surface area (Å²) in [5.74, 6) is 0. The van der Waals surface area contributed by atoms with Gasteiger partial charge in [0, 0.05) is 6.54 Å². The molecule has 12 heavy (non-hydrogen) atoms. The van der Waals surface area contributed by atoms with E-state index in [4.69, 9.17) is 15.3 Å². The Kier molecular flexibility index (Phi) is 5.12. The average Bonchev–Trinajstić information content (AvgIpc) is 2.39. The van der Waals surface area contributed by atoms with Gasteiger partial charge in [-0.3, -0.25) is 0 Å². The van der Waals surface area contributed by atoms with Gasteiger partial charge in [-0.15, -0.1) is 0 Å². The highest BCUT2D eigenvalue weighted by Gasteiger charge is 2.08. The molecule has 1 aliphatic rings. The molecule has 0 aromatic heterocycles. The number of nitrogens with zero attached hydrogens (tertiary/aromatic N) is 4. The molecule has 1 heterocycles. The second-order valence-electron chi connectivity index (χ2n) is 1.83. The van der Waals surface area contributed by atoms with Gasteiger partial charge in [0.15, 0.2) is 0 Å². The van der Waals surface area contributed by atoms with E-state index in [1.165, 1.54) is 0 Å². The first-order chi connectivity index (χ1) is 5.66. The van der Waals surface area contributed by atoms with E-state index < -0.39 is 5.09 Å². The molecule has 1 rings (SSSR count). The molecular weight excluding hydrogens is 164 g/mol. The fourth-order valence-electron chi connectivity index (χ4n) is 0.540. The van der Waals surface area contributed by atoms with E-state index in [9.17, 15) is 0 Å². The van der Waals surface area contributed by atoms with Gasteiger partial charge >= 0.3 is 12.4 Å². The number of rotatable bonds is 2. The Bertz CT molecular complexity index is 175. The predicted octanol–water partition coefficient (Wildman–Crippen LogP) is 1.11. The van der Waals surface area contributed by atoms with Crippen LogP contribution in [0.25, 0.3) is 0 Å². The summed E-state index contributed by atoms with van der Waals surface area (Å²) >= 11 is 0. The van der Waals surface area contributed by atoms with Crippen LogP contribution in [0.15, 0.2) is 16.5 Å². The van der Waals surface area contributed by atoms with Crippen molar-refractivity contribution < 1.29 is 5.09 Å². The van der Waals surface area contributed by atoms with Crippen LogP contribution in [-0.2, 0) is 0 Å². The SMILES string of the molecule is CCCN1C=[C+]N=N1.O=[N+]([O-])[O-]. The van der Waals surface area contributed by atoms with Crippen LogP contribution in [0.1, 0.15) is 13.3 Å². The molecule has 1 aliphatic heterocycles. The molecule has 0 spiro atoms. The summed E-state index contributed by atoms with van der Waals surface area (Å²) in [6.07, 6.45) is 5.45. The molecule has 0 saturated carbocycles. The van der Waals surface area contributed by atoms with Crippen molar-refractivity contribution in [3.63, 3.8) is 0 Å². The molecule has 0 amide bonds. The molecule has 0 aromatic carbocycles. The van der Waals surface area contributed by atoms with Gasteiger partial charge < -0.3 is 15.3 Å². The molecular formula is C5H8N4O3. The van der Waals surface area contributed by atoms with Crippen molar-refractivity contribution in [2.75, 3.05) is 6.54 Å². The van der Waals surface area contributed by atoms with Gasteiger partial charge in [0.2, 0.25) is 0 Å². The minimum absolute atomic E-state index is 0.941. The number of hydrogen-bond acceptors (Lipinski definition) is 6. The third-order valence-corrected chi connectivity index (χ3v) is 0.877. The maximum atomic E-state index is 8.25. The lowest BCUT2D eigenvalue weighted by Crippen LogP contribution is -2.06. The predicted molar refractivity (Wildman–Crippen MR) is 40.0 cm³/mol. The van der Waals surface area contributed by atoms with Crippen LogP contribution >= 0.6 is 0 Å². The number of hydrogen-bond donors (Lipinski definition) is 0. The minimum atomic E-state index is -1.75. The summed E-state index contributed by atoms with van der Waals surface area (Å²) in [6, 6.07) is 0. The maximum absolute atomic E-state index is 8.25. The van der Waals surface area contributed by atoms with Gasteiger partial charge in [-0.1, -0.05) is 6.92 Å². The molecule has 0 aliphatic carbocycles. The van der Waals surface area contributed by atoms with Gasteiger partial charge in [0.1, 0.15) is 5.11 Å². The van der Waals surface area contributed by atoms with Gasteiger partial charge in [0.25, 0.3) is 0 Å². The topological polar surface area (TPSA) is 94.2 Å². The van der Waals surface area contributed by atoms with Crippen LogP contribution in [0, 0.1) is 21.5 Å². The van der Waals surface area contributed by atoms with Gasteiger partial charge in [0.05, 0.1) is 5.09 Å². The quantitative estimate of drug-likeness (QED) is 0.354. The lowest BCUT2D eigenvalue weighted by Gasteiger charge is -1.98. The molecule has 0 saturated heterocycles. The van der Waals surface area contributed by atoms with Crippen molar-refractivity contribution in [3.8, 4) is 0 Å². The summed E-state index contributed by atoms with van der Waals surface area (Å²) < 4.78 is 0. The van der Waals surface area contributed by atoms with E-state index in [1.54, 1.807) is 11.2 Å². The van der Waals surface area contributed by atoms with Gasteiger partial charge in [-0.25, -0.2) is 5.01 Å². The third-order valence-electron chi connectivity index (χ3n) is 0.877. The van der Waals surface area contributed by atoms with Crippen molar-refractivity contribution in [1.82, 2.24) is 5.01 Å². The molecule has 0 radical (unpaired) electrons. The van der Waals surface area contributed by atoms with Crippen LogP contribution in [0.3, 0.4) is 0 Å². The zero-order valence-corrected chi connectivity index (χ0v) is 6.51. The highest BCUT2D eigenvalue weighted by molar-refractivity contribution is 4.73. The molecule has 7 heteroatoms. The monoisotopic (exact) mass is 172 g/mol. The Balaban J connectivity index is 0.000000261. The average molecular weight is 172 g/mol.